The molecule has 1 aromatic heterocycles. The minimum Gasteiger partial charge on any atom is -0.497 e. The molecule has 1 atom stereocenters. The third kappa shape index (κ3) is 4.23. The Morgan fingerprint density at radius 3 is 2.47 bits per heavy atom. The van der Waals surface area contributed by atoms with Crippen molar-refractivity contribution in [3.63, 3.8) is 0 Å². The molecule has 0 N–H and O–H groups in total. The lowest BCUT2D eigenvalue weighted by Gasteiger charge is -2.13. The molecule has 1 unspecified atom stereocenters. The van der Waals surface area contributed by atoms with Crippen LogP contribution in [-0.4, -0.2) is 13.0 Å². The molecule has 0 amide bonds. The summed E-state index contributed by atoms with van der Waals surface area (Å²) < 4.78 is 6.37. The molecule has 2 rings (SSSR count). The molecule has 19 heavy (non-hydrogen) atoms. The molecule has 2 aromatic rings. The second kappa shape index (κ2) is 7.32. The molecule has 0 saturated carbocycles. The molecule has 4 heteroatoms. The van der Waals surface area contributed by atoms with Crippen LogP contribution < -0.4 is 4.74 Å². The molecule has 0 aliphatic heterocycles. The maximum Gasteiger partial charge on any atom is 0.118 e. The van der Waals surface area contributed by atoms with Crippen LogP contribution in [0.4, 0.5) is 0 Å². The molecular formula is C15H16BrClOS. The van der Waals surface area contributed by atoms with E-state index in [2.05, 4.69) is 39.5 Å². The van der Waals surface area contributed by atoms with Crippen molar-refractivity contribution in [2.45, 2.75) is 12.8 Å². The van der Waals surface area contributed by atoms with Gasteiger partial charge in [0.2, 0.25) is 0 Å². The van der Waals surface area contributed by atoms with Gasteiger partial charge in [-0.1, -0.05) is 12.1 Å². The third-order valence-electron chi connectivity index (χ3n) is 3.07. The highest BCUT2D eigenvalue weighted by Crippen LogP contribution is 2.27. The van der Waals surface area contributed by atoms with Gasteiger partial charge in [-0.05, 0) is 63.8 Å². The fourth-order valence-electron chi connectivity index (χ4n) is 2.01. The van der Waals surface area contributed by atoms with Gasteiger partial charge in [0.05, 0.1) is 7.11 Å². The van der Waals surface area contributed by atoms with E-state index >= 15 is 0 Å². The number of methoxy groups -OCH3 is 1. The Morgan fingerprint density at radius 2 is 1.95 bits per heavy atom. The van der Waals surface area contributed by atoms with Crippen molar-refractivity contribution in [1.29, 1.82) is 0 Å². The van der Waals surface area contributed by atoms with Gasteiger partial charge in [0, 0.05) is 15.2 Å². The van der Waals surface area contributed by atoms with Crippen LogP contribution in [0.1, 0.15) is 10.4 Å². The molecule has 0 bridgehead atoms. The predicted octanol–water partition coefficient (Wildman–Crippen LogP) is 5.16. The van der Waals surface area contributed by atoms with E-state index in [9.17, 15) is 0 Å². The average molecular weight is 360 g/mol. The van der Waals surface area contributed by atoms with Gasteiger partial charge in [-0.3, -0.25) is 0 Å². The lowest BCUT2D eigenvalue weighted by molar-refractivity contribution is 0.414. The first-order chi connectivity index (χ1) is 9.22. The Hall–Kier alpha value is -0.510. The van der Waals surface area contributed by atoms with Crippen molar-refractivity contribution in [1.82, 2.24) is 0 Å². The summed E-state index contributed by atoms with van der Waals surface area (Å²) in [5.41, 5.74) is 1.30. The summed E-state index contributed by atoms with van der Waals surface area (Å²) in [4.78, 5) is 1.37. The highest BCUT2D eigenvalue weighted by molar-refractivity contribution is 9.10. The highest BCUT2D eigenvalue weighted by atomic mass is 79.9. The Kier molecular flexibility index (Phi) is 5.74. The van der Waals surface area contributed by atoms with Crippen LogP contribution in [-0.2, 0) is 12.8 Å². The van der Waals surface area contributed by atoms with Gasteiger partial charge in [-0.2, -0.15) is 0 Å². The lowest BCUT2D eigenvalue weighted by Crippen LogP contribution is -2.09. The maximum absolute atomic E-state index is 6.11. The molecule has 1 nitrogen and oxygen atoms in total. The van der Waals surface area contributed by atoms with E-state index in [-0.39, 0.29) is 0 Å². The topological polar surface area (TPSA) is 9.23 Å². The molecule has 0 radical (unpaired) electrons. The van der Waals surface area contributed by atoms with Crippen LogP contribution in [0.25, 0.3) is 0 Å². The van der Waals surface area contributed by atoms with Crippen molar-refractivity contribution in [3.05, 3.63) is 50.6 Å². The smallest absolute Gasteiger partial charge is 0.118 e. The Labute approximate surface area is 131 Å². The largest absolute Gasteiger partial charge is 0.497 e. The molecule has 0 fully saturated rings. The number of alkyl halides is 1. The summed E-state index contributed by atoms with van der Waals surface area (Å²) in [5, 5.41) is 2.11. The second-order valence-corrected chi connectivity index (χ2v) is 6.63. The van der Waals surface area contributed by atoms with Crippen molar-refractivity contribution >= 4 is 38.9 Å². The second-order valence-electron chi connectivity index (χ2n) is 4.47. The number of benzene rings is 1. The molecule has 0 aliphatic rings. The van der Waals surface area contributed by atoms with Crippen LogP contribution in [0.15, 0.2) is 40.2 Å². The molecule has 1 heterocycles. The predicted molar refractivity (Wildman–Crippen MR) is 86.6 cm³/mol. The van der Waals surface area contributed by atoms with Gasteiger partial charge >= 0.3 is 0 Å². The molecule has 102 valence electrons. The summed E-state index contributed by atoms with van der Waals surface area (Å²) in [7, 11) is 1.69. The van der Waals surface area contributed by atoms with Crippen LogP contribution in [0.5, 0.6) is 5.75 Å². The molecule has 0 saturated heterocycles. The monoisotopic (exact) mass is 358 g/mol. The van der Waals surface area contributed by atoms with Crippen molar-refractivity contribution in [3.8, 4) is 5.75 Å². The van der Waals surface area contributed by atoms with Gasteiger partial charge in [0.25, 0.3) is 0 Å². The Balaban J connectivity index is 2.00. The van der Waals surface area contributed by atoms with Crippen molar-refractivity contribution in [2.75, 3.05) is 13.0 Å². The maximum atomic E-state index is 6.11. The van der Waals surface area contributed by atoms with E-state index in [1.54, 1.807) is 18.4 Å². The number of thiophene rings is 1. The van der Waals surface area contributed by atoms with E-state index < -0.39 is 0 Å². The SMILES string of the molecule is COc1ccc(CC(CCl)Cc2sccc2Br)cc1. The molecular weight excluding hydrogens is 344 g/mol. The minimum absolute atomic E-state index is 0.463. The zero-order valence-electron chi connectivity index (χ0n) is 10.7. The average Bonchev–Trinajstić information content (AvgIpc) is 2.84. The quantitative estimate of drug-likeness (QED) is 0.647. The summed E-state index contributed by atoms with van der Waals surface area (Å²) >= 11 is 11.5. The van der Waals surface area contributed by atoms with E-state index in [4.69, 9.17) is 16.3 Å². The minimum atomic E-state index is 0.463. The first kappa shape index (κ1) is 14.9. The number of hydrogen-bond donors (Lipinski definition) is 0. The van der Waals surface area contributed by atoms with E-state index in [0.29, 0.717) is 11.8 Å². The number of hydrogen-bond acceptors (Lipinski definition) is 2. The van der Waals surface area contributed by atoms with Gasteiger partial charge in [-0.15, -0.1) is 22.9 Å². The first-order valence-corrected chi connectivity index (χ1v) is 8.34. The number of rotatable bonds is 6. The normalized spacial score (nSPS) is 12.4. The van der Waals surface area contributed by atoms with Crippen molar-refractivity contribution in [2.24, 2.45) is 5.92 Å². The van der Waals surface area contributed by atoms with E-state index in [1.807, 2.05) is 12.1 Å². The summed E-state index contributed by atoms with van der Waals surface area (Å²) in [6.45, 7) is 0. The van der Waals surface area contributed by atoms with Crippen LogP contribution in [0.2, 0.25) is 0 Å². The van der Waals surface area contributed by atoms with Gasteiger partial charge in [0.15, 0.2) is 0 Å². The number of halogens is 2. The first-order valence-electron chi connectivity index (χ1n) is 6.13. The Morgan fingerprint density at radius 1 is 1.21 bits per heavy atom. The molecule has 0 spiro atoms. The van der Waals surface area contributed by atoms with Crippen molar-refractivity contribution < 1.29 is 4.74 Å². The van der Waals surface area contributed by atoms with E-state index in [0.717, 1.165) is 18.6 Å². The number of ether oxygens (including phenoxy) is 1. The highest BCUT2D eigenvalue weighted by Gasteiger charge is 2.12. The summed E-state index contributed by atoms with van der Waals surface area (Å²) in [6, 6.07) is 10.3. The fraction of sp³-hybridized carbons (Fsp3) is 0.333. The van der Waals surface area contributed by atoms with Crippen LogP contribution >= 0.6 is 38.9 Å². The molecule has 0 aliphatic carbocycles. The van der Waals surface area contributed by atoms with Crippen LogP contribution in [0, 0.1) is 5.92 Å². The van der Waals surface area contributed by atoms with Gasteiger partial charge in [-0.25, -0.2) is 0 Å². The van der Waals surface area contributed by atoms with E-state index in [1.165, 1.54) is 14.9 Å². The Bertz CT molecular complexity index is 509. The summed E-state index contributed by atoms with van der Waals surface area (Å²) in [6.07, 6.45) is 2.02. The molecule has 1 aromatic carbocycles. The zero-order valence-corrected chi connectivity index (χ0v) is 13.9. The lowest BCUT2D eigenvalue weighted by atomic mass is 9.97. The standard InChI is InChI=1S/C15H16BrClOS/c1-18-13-4-2-11(3-5-13)8-12(10-17)9-15-14(16)6-7-19-15/h2-7,12H,8-10H2,1H3. The van der Waals surface area contributed by atoms with Gasteiger partial charge < -0.3 is 4.74 Å². The summed E-state index contributed by atoms with van der Waals surface area (Å²) in [5.74, 6) is 2.04. The van der Waals surface area contributed by atoms with Gasteiger partial charge in [0.1, 0.15) is 5.75 Å². The fourth-order valence-corrected chi connectivity index (χ4v) is 3.86. The van der Waals surface area contributed by atoms with Crippen LogP contribution in [0.3, 0.4) is 0 Å². The zero-order chi connectivity index (χ0) is 13.7. The third-order valence-corrected chi connectivity index (χ3v) is 5.45.